The van der Waals surface area contributed by atoms with Gasteiger partial charge in [0.25, 0.3) is 0 Å². The lowest BCUT2D eigenvalue weighted by Crippen LogP contribution is -2.13. The molecule has 7 heteroatoms. The van der Waals surface area contributed by atoms with E-state index in [0.717, 1.165) is 6.42 Å². The molecule has 0 aliphatic rings. The number of aromatic nitrogens is 2. The standard InChI is InChI=1S/C19H24FN3O3/c1-12(2)9-13(3)11-26-17-6-5-14(10-15(17)20)16-7-8-21-18(22-16)23-19(24)25-4/h5-8,10,12-13H,9,11H2,1-4H3,(H,21,22,23,24)/t13-/m1/s1. The third-order valence-corrected chi connectivity index (χ3v) is 3.68. The minimum atomic E-state index is -0.674. The van der Waals surface area contributed by atoms with Gasteiger partial charge in [0.05, 0.1) is 19.4 Å². The molecular weight excluding hydrogens is 337 g/mol. The number of hydrogen-bond donors (Lipinski definition) is 1. The molecule has 140 valence electrons. The first-order valence-electron chi connectivity index (χ1n) is 8.49. The van der Waals surface area contributed by atoms with Gasteiger partial charge in [-0.15, -0.1) is 0 Å². The van der Waals surface area contributed by atoms with Crippen molar-refractivity contribution in [1.29, 1.82) is 0 Å². The van der Waals surface area contributed by atoms with E-state index < -0.39 is 11.9 Å². The molecule has 0 aliphatic heterocycles. The molecule has 0 fully saturated rings. The van der Waals surface area contributed by atoms with E-state index in [2.05, 4.69) is 40.8 Å². The Morgan fingerprint density at radius 3 is 2.69 bits per heavy atom. The summed E-state index contributed by atoms with van der Waals surface area (Å²) in [5.74, 6) is 0.763. The van der Waals surface area contributed by atoms with Gasteiger partial charge in [-0.3, -0.25) is 5.32 Å². The van der Waals surface area contributed by atoms with E-state index >= 15 is 0 Å². The van der Waals surface area contributed by atoms with Gasteiger partial charge in [0.1, 0.15) is 0 Å². The molecule has 1 aromatic heterocycles. The highest BCUT2D eigenvalue weighted by molar-refractivity contribution is 5.82. The smallest absolute Gasteiger partial charge is 0.413 e. The van der Waals surface area contributed by atoms with Crippen LogP contribution in [0.1, 0.15) is 27.2 Å². The van der Waals surface area contributed by atoms with Crippen LogP contribution in [0.25, 0.3) is 11.3 Å². The second-order valence-electron chi connectivity index (χ2n) is 6.57. The number of rotatable bonds is 7. The van der Waals surface area contributed by atoms with Crippen LogP contribution in [0.15, 0.2) is 30.5 Å². The van der Waals surface area contributed by atoms with Gasteiger partial charge in [-0.2, -0.15) is 0 Å². The van der Waals surface area contributed by atoms with Gasteiger partial charge in [-0.1, -0.05) is 20.8 Å². The number of halogens is 1. The normalized spacial score (nSPS) is 11.9. The average Bonchev–Trinajstić information content (AvgIpc) is 2.60. The highest BCUT2D eigenvalue weighted by Crippen LogP contribution is 2.25. The van der Waals surface area contributed by atoms with E-state index in [9.17, 15) is 9.18 Å². The molecule has 0 radical (unpaired) electrons. The average molecular weight is 361 g/mol. The summed E-state index contributed by atoms with van der Waals surface area (Å²) in [6.45, 7) is 6.85. The highest BCUT2D eigenvalue weighted by Gasteiger charge is 2.11. The van der Waals surface area contributed by atoms with Crippen LogP contribution in [-0.4, -0.2) is 29.8 Å². The molecule has 0 aliphatic carbocycles. The first-order valence-corrected chi connectivity index (χ1v) is 8.49. The Labute approximate surface area is 152 Å². The van der Waals surface area contributed by atoms with E-state index in [1.807, 2.05) is 0 Å². The molecule has 0 saturated carbocycles. The summed E-state index contributed by atoms with van der Waals surface area (Å²) in [5, 5.41) is 2.37. The van der Waals surface area contributed by atoms with Crippen molar-refractivity contribution in [3.63, 3.8) is 0 Å². The van der Waals surface area contributed by atoms with E-state index in [4.69, 9.17) is 4.74 Å². The largest absolute Gasteiger partial charge is 0.490 e. The number of carbonyl (C=O) groups excluding carboxylic acids is 1. The Hall–Kier alpha value is -2.70. The van der Waals surface area contributed by atoms with Crippen molar-refractivity contribution in [2.45, 2.75) is 27.2 Å². The van der Waals surface area contributed by atoms with Gasteiger partial charge in [-0.05, 0) is 42.5 Å². The second kappa shape index (κ2) is 9.12. The second-order valence-corrected chi connectivity index (χ2v) is 6.57. The number of anilines is 1. The lowest BCUT2D eigenvalue weighted by Gasteiger charge is -2.15. The van der Waals surface area contributed by atoms with Crippen LogP contribution in [0.4, 0.5) is 15.1 Å². The summed E-state index contributed by atoms with van der Waals surface area (Å²) in [4.78, 5) is 19.3. The van der Waals surface area contributed by atoms with Crippen LogP contribution < -0.4 is 10.1 Å². The zero-order valence-electron chi connectivity index (χ0n) is 15.5. The molecule has 2 rings (SSSR count). The summed E-state index contributed by atoms with van der Waals surface area (Å²) in [5.41, 5.74) is 1.03. The van der Waals surface area contributed by atoms with Gasteiger partial charge in [0, 0.05) is 11.8 Å². The van der Waals surface area contributed by atoms with Crippen molar-refractivity contribution in [2.24, 2.45) is 11.8 Å². The Morgan fingerprint density at radius 1 is 1.27 bits per heavy atom. The minimum absolute atomic E-state index is 0.0811. The van der Waals surface area contributed by atoms with Gasteiger partial charge in [0.15, 0.2) is 11.6 Å². The van der Waals surface area contributed by atoms with Crippen molar-refractivity contribution >= 4 is 12.0 Å². The van der Waals surface area contributed by atoms with E-state index in [0.29, 0.717) is 29.7 Å². The fourth-order valence-electron chi connectivity index (χ4n) is 2.60. The molecule has 1 amide bonds. The van der Waals surface area contributed by atoms with Gasteiger partial charge in [0.2, 0.25) is 5.95 Å². The summed E-state index contributed by atoms with van der Waals surface area (Å²) in [7, 11) is 1.25. The molecule has 0 bridgehead atoms. The fourth-order valence-corrected chi connectivity index (χ4v) is 2.60. The lowest BCUT2D eigenvalue weighted by atomic mass is 10.00. The quantitative estimate of drug-likeness (QED) is 0.785. The maximum Gasteiger partial charge on any atom is 0.413 e. The molecular formula is C19H24FN3O3. The summed E-state index contributed by atoms with van der Waals surface area (Å²) in [6, 6.07) is 6.28. The maximum absolute atomic E-state index is 14.4. The molecule has 6 nitrogen and oxygen atoms in total. The maximum atomic E-state index is 14.4. The molecule has 1 atom stereocenters. The predicted octanol–water partition coefficient (Wildman–Crippen LogP) is 4.52. The molecule has 0 spiro atoms. The zero-order chi connectivity index (χ0) is 19.1. The topological polar surface area (TPSA) is 73.3 Å². The first-order chi connectivity index (χ1) is 12.4. The van der Waals surface area contributed by atoms with Crippen molar-refractivity contribution in [3.8, 4) is 17.0 Å². The Bertz CT molecular complexity index is 753. The molecule has 0 saturated heterocycles. The van der Waals surface area contributed by atoms with Crippen LogP contribution in [0, 0.1) is 17.7 Å². The minimum Gasteiger partial charge on any atom is -0.490 e. The molecule has 26 heavy (non-hydrogen) atoms. The van der Waals surface area contributed by atoms with E-state index in [-0.39, 0.29) is 11.7 Å². The van der Waals surface area contributed by atoms with Crippen LogP contribution in [0.5, 0.6) is 5.75 Å². The van der Waals surface area contributed by atoms with Crippen LogP contribution in [-0.2, 0) is 4.74 Å². The van der Waals surface area contributed by atoms with Crippen molar-refractivity contribution in [3.05, 3.63) is 36.3 Å². The van der Waals surface area contributed by atoms with Gasteiger partial charge >= 0.3 is 6.09 Å². The Kier molecular flexibility index (Phi) is 6.89. The molecule has 0 unspecified atom stereocenters. The van der Waals surface area contributed by atoms with Crippen LogP contribution in [0.2, 0.25) is 0 Å². The van der Waals surface area contributed by atoms with E-state index in [1.165, 1.54) is 19.4 Å². The third-order valence-electron chi connectivity index (χ3n) is 3.68. The van der Waals surface area contributed by atoms with Gasteiger partial charge in [-0.25, -0.2) is 19.2 Å². The fraction of sp³-hybridized carbons (Fsp3) is 0.421. The monoisotopic (exact) mass is 361 g/mol. The number of nitrogens with zero attached hydrogens (tertiary/aromatic N) is 2. The molecule has 1 heterocycles. The first kappa shape index (κ1) is 19.6. The SMILES string of the molecule is COC(=O)Nc1nccc(-c2ccc(OC[C@H](C)CC(C)C)c(F)c2)n1. The number of methoxy groups -OCH3 is 1. The number of amides is 1. The van der Waals surface area contributed by atoms with Crippen molar-refractivity contribution < 1.29 is 18.7 Å². The summed E-state index contributed by atoms with van der Waals surface area (Å²) in [6.07, 6.45) is 1.83. The molecule has 1 aromatic carbocycles. The highest BCUT2D eigenvalue weighted by atomic mass is 19.1. The Morgan fingerprint density at radius 2 is 2.04 bits per heavy atom. The van der Waals surface area contributed by atoms with Gasteiger partial charge < -0.3 is 9.47 Å². The van der Waals surface area contributed by atoms with Crippen molar-refractivity contribution in [2.75, 3.05) is 19.0 Å². The Balaban J connectivity index is 2.09. The number of nitrogens with one attached hydrogen (secondary N) is 1. The predicted molar refractivity (Wildman–Crippen MR) is 97.6 cm³/mol. The number of carbonyl (C=O) groups is 1. The number of benzene rings is 1. The van der Waals surface area contributed by atoms with Crippen LogP contribution >= 0.6 is 0 Å². The summed E-state index contributed by atoms with van der Waals surface area (Å²) >= 11 is 0. The van der Waals surface area contributed by atoms with E-state index in [1.54, 1.807) is 18.2 Å². The molecule has 1 N–H and O–H groups in total. The zero-order valence-corrected chi connectivity index (χ0v) is 15.5. The number of ether oxygens (including phenoxy) is 2. The third kappa shape index (κ3) is 5.68. The lowest BCUT2D eigenvalue weighted by molar-refractivity contribution is 0.186. The molecule has 2 aromatic rings. The number of hydrogen-bond acceptors (Lipinski definition) is 5. The van der Waals surface area contributed by atoms with Crippen LogP contribution in [0.3, 0.4) is 0 Å². The summed E-state index contributed by atoms with van der Waals surface area (Å²) < 4.78 is 24.5. The van der Waals surface area contributed by atoms with Crippen molar-refractivity contribution in [1.82, 2.24) is 9.97 Å².